The van der Waals surface area contributed by atoms with Gasteiger partial charge in [-0.1, -0.05) is 0 Å². The Labute approximate surface area is 141 Å². The summed E-state index contributed by atoms with van der Waals surface area (Å²) >= 11 is 0. The lowest BCUT2D eigenvalue weighted by Crippen LogP contribution is -2.39. The van der Waals surface area contributed by atoms with E-state index >= 15 is 0 Å². The summed E-state index contributed by atoms with van der Waals surface area (Å²) in [5.41, 5.74) is 5.81. The van der Waals surface area contributed by atoms with Crippen molar-refractivity contribution in [3.05, 3.63) is 29.3 Å². The lowest BCUT2D eigenvalue weighted by Gasteiger charge is -2.23. The number of amides is 2. The molecule has 9 heteroatoms. The van der Waals surface area contributed by atoms with Gasteiger partial charge in [0, 0.05) is 32.3 Å². The fraction of sp³-hybridized carbons (Fsp3) is 0.467. The highest BCUT2D eigenvalue weighted by molar-refractivity contribution is 7.90. The van der Waals surface area contributed by atoms with Gasteiger partial charge >= 0.3 is 0 Å². The maximum atomic E-state index is 12.5. The van der Waals surface area contributed by atoms with Gasteiger partial charge in [0.15, 0.2) is 0 Å². The molecule has 0 aromatic heterocycles. The zero-order valence-corrected chi connectivity index (χ0v) is 14.7. The molecule has 1 aromatic rings. The monoisotopic (exact) mass is 355 g/mol. The number of hydrogen-bond donors (Lipinski definition) is 1. The maximum Gasteiger partial charge on any atom is 0.269 e. The van der Waals surface area contributed by atoms with Gasteiger partial charge in [-0.05, 0) is 25.1 Å². The third-order valence-corrected chi connectivity index (χ3v) is 5.90. The van der Waals surface area contributed by atoms with Crippen LogP contribution in [-0.4, -0.2) is 69.3 Å². The van der Waals surface area contributed by atoms with Crippen LogP contribution in [0.25, 0.3) is 0 Å². The van der Waals surface area contributed by atoms with Crippen molar-refractivity contribution in [1.29, 1.82) is 0 Å². The van der Waals surface area contributed by atoms with E-state index in [-0.39, 0.29) is 47.7 Å². The Kier molecular flexibility index (Phi) is 5.26. The zero-order valence-electron chi connectivity index (χ0n) is 13.9. The second-order valence-electron chi connectivity index (χ2n) is 5.59. The van der Waals surface area contributed by atoms with Gasteiger partial charge in [-0.3, -0.25) is 9.59 Å². The molecule has 2 N–H and O–H groups in total. The molecule has 0 spiro atoms. The van der Waals surface area contributed by atoms with Crippen LogP contribution in [0.5, 0.6) is 0 Å². The Balaban J connectivity index is 2.40. The molecule has 1 unspecified atom stereocenters. The molecule has 0 aliphatic carbocycles. The average molecular weight is 355 g/mol. The quantitative estimate of drug-likeness (QED) is 0.763. The summed E-state index contributed by atoms with van der Waals surface area (Å²) < 4.78 is 30.7. The number of ether oxygens (including phenoxy) is 1. The molecule has 2 rings (SSSR count). The molecule has 8 nitrogen and oxygen atoms in total. The minimum Gasteiger partial charge on any atom is -0.383 e. The number of rotatable bonds is 6. The van der Waals surface area contributed by atoms with Gasteiger partial charge in [0.1, 0.15) is 4.90 Å². The van der Waals surface area contributed by atoms with Crippen LogP contribution in [0.4, 0.5) is 0 Å². The molecule has 132 valence electrons. The summed E-state index contributed by atoms with van der Waals surface area (Å²) in [5.74, 6) is -0.960. The van der Waals surface area contributed by atoms with Crippen molar-refractivity contribution in [2.45, 2.75) is 17.9 Å². The first-order valence-corrected chi connectivity index (χ1v) is 8.87. The third kappa shape index (κ3) is 3.02. The van der Waals surface area contributed by atoms with E-state index in [1.54, 1.807) is 14.0 Å². The van der Waals surface area contributed by atoms with Crippen LogP contribution < -0.4 is 5.73 Å². The maximum absolute atomic E-state index is 12.5. The van der Waals surface area contributed by atoms with E-state index in [2.05, 4.69) is 0 Å². The molecule has 1 aromatic carbocycles. The predicted molar refractivity (Wildman–Crippen MR) is 87.2 cm³/mol. The number of benzene rings is 1. The lowest BCUT2D eigenvalue weighted by molar-refractivity contribution is 0.0747. The van der Waals surface area contributed by atoms with Crippen molar-refractivity contribution in [3.8, 4) is 0 Å². The summed E-state index contributed by atoms with van der Waals surface area (Å²) in [4.78, 5) is 26.0. The Morgan fingerprint density at radius 1 is 1.42 bits per heavy atom. The van der Waals surface area contributed by atoms with E-state index in [1.165, 1.54) is 30.2 Å². The summed E-state index contributed by atoms with van der Waals surface area (Å²) in [6.45, 7) is 2.11. The Morgan fingerprint density at radius 2 is 2.08 bits per heavy atom. The molecule has 1 heterocycles. The van der Waals surface area contributed by atoms with Gasteiger partial charge in [-0.2, -0.15) is 0 Å². The van der Waals surface area contributed by atoms with Crippen LogP contribution in [0, 0.1) is 0 Å². The van der Waals surface area contributed by atoms with Gasteiger partial charge in [0.05, 0.1) is 18.7 Å². The highest BCUT2D eigenvalue weighted by Crippen LogP contribution is 2.31. The lowest BCUT2D eigenvalue weighted by atomic mass is 10.1. The highest BCUT2D eigenvalue weighted by atomic mass is 32.2. The molecule has 1 atom stereocenters. The van der Waals surface area contributed by atoms with E-state index in [1.807, 2.05) is 0 Å². The minimum absolute atomic E-state index is 0.0668. The number of hydrogen-bond acceptors (Lipinski definition) is 6. The fourth-order valence-electron chi connectivity index (χ4n) is 2.37. The number of carbonyl (C=O) groups is 2. The van der Waals surface area contributed by atoms with Crippen LogP contribution in [0.15, 0.2) is 23.1 Å². The third-order valence-electron chi connectivity index (χ3n) is 4.07. The average Bonchev–Trinajstić information content (AvgIpc) is 2.77. The van der Waals surface area contributed by atoms with E-state index < -0.39 is 15.9 Å². The Hall–Kier alpha value is -1.97. The van der Waals surface area contributed by atoms with Gasteiger partial charge in [0.2, 0.25) is 0 Å². The summed E-state index contributed by atoms with van der Waals surface area (Å²) in [5, 5.41) is 0. The largest absolute Gasteiger partial charge is 0.383 e. The fourth-order valence-corrected chi connectivity index (χ4v) is 3.94. The number of carbonyl (C=O) groups excluding carboxylic acids is 2. The molecule has 0 saturated carbocycles. The molecule has 0 saturated heterocycles. The van der Waals surface area contributed by atoms with Gasteiger partial charge in [0.25, 0.3) is 21.8 Å². The van der Waals surface area contributed by atoms with Crippen molar-refractivity contribution in [1.82, 2.24) is 9.21 Å². The van der Waals surface area contributed by atoms with E-state index in [0.717, 1.165) is 4.31 Å². The van der Waals surface area contributed by atoms with Crippen molar-refractivity contribution < 1.29 is 22.7 Å². The first kappa shape index (κ1) is 18.4. The Bertz CT molecular complexity index is 762. The number of nitrogens with two attached hydrogens (primary N) is 1. The second kappa shape index (κ2) is 6.88. The summed E-state index contributed by atoms with van der Waals surface area (Å²) in [6, 6.07) is 3.88. The van der Waals surface area contributed by atoms with E-state index in [9.17, 15) is 18.0 Å². The number of fused-ring (bicyclic) bond motifs is 1. The standard InChI is InChI=1S/C15H21N3O5S/c1-10(9-16)17(2)14(19)11-4-5-12-13(8-11)24(21,22)18(15(12)20)6-7-23-3/h4-5,8,10H,6-7,9,16H2,1-3H3. The zero-order chi connectivity index (χ0) is 18.1. The topological polar surface area (TPSA) is 110 Å². The van der Waals surface area contributed by atoms with Crippen LogP contribution >= 0.6 is 0 Å². The van der Waals surface area contributed by atoms with Gasteiger partial charge in [-0.15, -0.1) is 0 Å². The van der Waals surface area contributed by atoms with Crippen molar-refractivity contribution in [2.24, 2.45) is 5.73 Å². The van der Waals surface area contributed by atoms with E-state index in [4.69, 9.17) is 10.5 Å². The van der Waals surface area contributed by atoms with Crippen LogP contribution in [0.3, 0.4) is 0 Å². The molecular weight excluding hydrogens is 334 g/mol. The molecule has 0 fully saturated rings. The number of likely N-dealkylation sites (N-methyl/N-ethyl adjacent to an activating group) is 1. The van der Waals surface area contributed by atoms with Crippen molar-refractivity contribution in [2.75, 3.05) is 33.9 Å². The molecule has 24 heavy (non-hydrogen) atoms. The molecule has 1 aliphatic rings. The normalized spacial score (nSPS) is 16.8. The first-order chi connectivity index (χ1) is 11.3. The van der Waals surface area contributed by atoms with E-state index in [0.29, 0.717) is 0 Å². The molecular formula is C15H21N3O5S. The Morgan fingerprint density at radius 3 is 2.67 bits per heavy atom. The molecule has 2 amide bonds. The molecule has 0 bridgehead atoms. The van der Waals surface area contributed by atoms with Gasteiger partial charge in [-0.25, -0.2) is 12.7 Å². The summed E-state index contributed by atoms with van der Waals surface area (Å²) in [7, 11) is -0.950. The minimum atomic E-state index is -3.97. The molecule has 0 radical (unpaired) electrons. The predicted octanol–water partition coefficient (Wildman–Crippen LogP) is -0.103. The first-order valence-electron chi connectivity index (χ1n) is 7.43. The van der Waals surface area contributed by atoms with Crippen molar-refractivity contribution in [3.63, 3.8) is 0 Å². The highest BCUT2D eigenvalue weighted by Gasteiger charge is 2.41. The van der Waals surface area contributed by atoms with Gasteiger partial charge < -0.3 is 15.4 Å². The summed E-state index contributed by atoms with van der Waals surface area (Å²) in [6.07, 6.45) is 0. The van der Waals surface area contributed by atoms with Crippen LogP contribution in [0.1, 0.15) is 27.6 Å². The van der Waals surface area contributed by atoms with Crippen LogP contribution in [0.2, 0.25) is 0 Å². The second-order valence-corrected chi connectivity index (χ2v) is 7.42. The van der Waals surface area contributed by atoms with Crippen LogP contribution in [-0.2, 0) is 14.8 Å². The van der Waals surface area contributed by atoms with Crippen molar-refractivity contribution >= 4 is 21.8 Å². The SMILES string of the molecule is COCCN1C(=O)c2ccc(C(=O)N(C)C(C)CN)cc2S1(=O)=O. The smallest absolute Gasteiger partial charge is 0.269 e. The number of methoxy groups -OCH3 is 1. The number of sulfonamides is 1. The number of nitrogens with zero attached hydrogens (tertiary/aromatic N) is 2. The molecule has 1 aliphatic heterocycles.